The standard InChI is InChI=1S/C8H12N2O/c1-6(5-9)7(11)10-8(2)3-4-8/h6H,3-4H2,1-2H3,(H,10,11). The summed E-state index contributed by atoms with van der Waals surface area (Å²) in [6, 6.07) is 1.90. The number of nitrogens with one attached hydrogen (secondary N) is 1. The van der Waals surface area contributed by atoms with Crippen molar-refractivity contribution in [3.05, 3.63) is 0 Å². The van der Waals surface area contributed by atoms with Crippen LogP contribution in [-0.2, 0) is 4.79 Å². The van der Waals surface area contributed by atoms with E-state index in [4.69, 9.17) is 5.26 Å². The first-order chi connectivity index (χ1) is 5.07. The van der Waals surface area contributed by atoms with Gasteiger partial charge >= 0.3 is 0 Å². The van der Waals surface area contributed by atoms with E-state index >= 15 is 0 Å². The molecular weight excluding hydrogens is 140 g/mol. The van der Waals surface area contributed by atoms with Crippen LogP contribution < -0.4 is 5.32 Å². The van der Waals surface area contributed by atoms with Gasteiger partial charge in [-0.2, -0.15) is 5.26 Å². The Morgan fingerprint density at radius 3 is 2.64 bits per heavy atom. The largest absolute Gasteiger partial charge is 0.350 e. The van der Waals surface area contributed by atoms with Gasteiger partial charge in [-0.3, -0.25) is 4.79 Å². The predicted octanol–water partition coefficient (Wildman–Crippen LogP) is 0.815. The number of rotatable bonds is 2. The topological polar surface area (TPSA) is 52.9 Å². The summed E-state index contributed by atoms with van der Waals surface area (Å²) in [4.78, 5) is 11.1. The molecule has 1 atom stereocenters. The van der Waals surface area contributed by atoms with E-state index in [2.05, 4.69) is 5.32 Å². The first-order valence-electron chi connectivity index (χ1n) is 3.79. The fourth-order valence-electron chi connectivity index (χ4n) is 0.777. The second kappa shape index (κ2) is 2.54. The smallest absolute Gasteiger partial charge is 0.237 e. The highest BCUT2D eigenvalue weighted by Crippen LogP contribution is 2.34. The average Bonchev–Trinajstić information content (AvgIpc) is 2.66. The first kappa shape index (κ1) is 8.06. The van der Waals surface area contributed by atoms with Crippen LogP contribution in [0, 0.1) is 17.2 Å². The Balaban J connectivity index is 2.39. The number of carbonyl (C=O) groups excluding carboxylic acids is 1. The molecule has 1 fully saturated rings. The van der Waals surface area contributed by atoms with Gasteiger partial charge < -0.3 is 5.32 Å². The van der Waals surface area contributed by atoms with Crippen molar-refractivity contribution in [1.82, 2.24) is 5.32 Å². The van der Waals surface area contributed by atoms with Gasteiger partial charge in [0, 0.05) is 5.54 Å². The Hall–Kier alpha value is -1.04. The molecule has 0 radical (unpaired) electrons. The number of carbonyl (C=O) groups is 1. The van der Waals surface area contributed by atoms with Crippen LogP contribution in [0.4, 0.5) is 0 Å². The quantitative estimate of drug-likeness (QED) is 0.636. The van der Waals surface area contributed by atoms with E-state index in [0.717, 1.165) is 12.8 Å². The molecular formula is C8H12N2O. The monoisotopic (exact) mass is 152 g/mol. The van der Waals surface area contributed by atoms with Gasteiger partial charge in [0.15, 0.2) is 0 Å². The highest BCUT2D eigenvalue weighted by molar-refractivity contribution is 5.81. The molecule has 60 valence electrons. The third-order valence-electron chi connectivity index (χ3n) is 2.01. The lowest BCUT2D eigenvalue weighted by Crippen LogP contribution is -2.37. The molecule has 1 unspecified atom stereocenters. The summed E-state index contributed by atoms with van der Waals surface area (Å²) < 4.78 is 0. The zero-order chi connectivity index (χ0) is 8.48. The summed E-state index contributed by atoms with van der Waals surface area (Å²) in [7, 11) is 0. The Bertz CT molecular complexity index is 213. The number of hydrogen-bond acceptors (Lipinski definition) is 2. The number of nitriles is 1. The fourth-order valence-corrected chi connectivity index (χ4v) is 0.777. The molecule has 11 heavy (non-hydrogen) atoms. The Kier molecular flexibility index (Phi) is 1.86. The lowest BCUT2D eigenvalue weighted by Gasteiger charge is -2.11. The van der Waals surface area contributed by atoms with Crippen molar-refractivity contribution in [2.24, 2.45) is 5.92 Å². The molecule has 1 saturated carbocycles. The third-order valence-corrected chi connectivity index (χ3v) is 2.01. The van der Waals surface area contributed by atoms with Crippen LogP contribution in [0.3, 0.4) is 0 Å². The van der Waals surface area contributed by atoms with Crippen LogP contribution in [0.25, 0.3) is 0 Å². The van der Waals surface area contributed by atoms with Crippen molar-refractivity contribution in [1.29, 1.82) is 5.26 Å². The van der Waals surface area contributed by atoms with Crippen molar-refractivity contribution in [3.8, 4) is 6.07 Å². The average molecular weight is 152 g/mol. The van der Waals surface area contributed by atoms with Gasteiger partial charge in [0.05, 0.1) is 6.07 Å². The highest BCUT2D eigenvalue weighted by atomic mass is 16.2. The van der Waals surface area contributed by atoms with E-state index < -0.39 is 5.92 Å². The second-order valence-electron chi connectivity index (χ2n) is 3.40. The molecule has 0 heterocycles. The van der Waals surface area contributed by atoms with Gasteiger partial charge in [-0.1, -0.05) is 0 Å². The summed E-state index contributed by atoms with van der Waals surface area (Å²) in [5.74, 6) is -0.667. The molecule has 0 aromatic carbocycles. The van der Waals surface area contributed by atoms with Crippen LogP contribution in [-0.4, -0.2) is 11.4 Å². The van der Waals surface area contributed by atoms with Gasteiger partial charge in [0.25, 0.3) is 0 Å². The molecule has 1 rings (SSSR count). The highest BCUT2D eigenvalue weighted by Gasteiger charge is 2.39. The third kappa shape index (κ3) is 1.94. The van der Waals surface area contributed by atoms with Gasteiger partial charge in [0.2, 0.25) is 5.91 Å². The Morgan fingerprint density at radius 2 is 2.27 bits per heavy atom. The number of amides is 1. The van der Waals surface area contributed by atoms with E-state index in [1.807, 2.05) is 13.0 Å². The maximum Gasteiger partial charge on any atom is 0.237 e. The maximum absolute atomic E-state index is 11.1. The molecule has 0 spiro atoms. The van der Waals surface area contributed by atoms with Gasteiger partial charge in [-0.15, -0.1) is 0 Å². The first-order valence-corrected chi connectivity index (χ1v) is 3.79. The molecule has 0 aliphatic heterocycles. The molecule has 1 amide bonds. The Labute approximate surface area is 66.4 Å². The molecule has 0 aromatic rings. The molecule has 3 nitrogen and oxygen atoms in total. The van der Waals surface area contributed by atoms with E-state index in [-0.39, 0.29) is 11.4 Å². The number of nitrogens with zero attached hydrogens (tertiary/aromatic N) is 1. The van der Waals surface area contributed by atoms with E-state index in [9.17, 15) is 4.79 Å². The summed E-state index contributed by atoms with van der Waals surface area (Å²) in [6.07, 6.45) is 2.08. The number of hydrogen-bond donors (Lipinski definition) is 1. The summed E-state index contributed by atoms with van der Waals surface area (Å²) in [5, 5.41) is 11.2. The summed E-state index contributed by atoms with van der Waals surface area (Å²) in [5.41, 5.74) is 0.00218. The van der Waals surface area contributed by atoms with E-state index in [0.29, 0.717) is 0 Å². The minimum Gasteiger partial charge on any atom is -0.350 e. The van der Waals surface area contributed by atoms with Crippen molar-refractivity contribution in [2.75, 3.05) is 0 Å². The predicted molar refractivity (Wildman–Crippen MR) is 40.6 cm³/mol. The molecule has 0 saturated heterocycles. The van der Waals surface area contributed by atoms with Gasteiger partial charge in [0.1, 0.15) is 5.92 Å². The van der Waals surface area contributed by atoms with Crippen LogP contribution in [0.15, 0.2) is 0 Å². The molecule has 0 bridgehead atoms. The summed E-state index contributed by atoms with van der Waals surface area (Å²) in [6.45, 7) is 3.61. The lowest BCUT2D eigenvalue weighted by atomic mass is 10.2. The molecule has 3 heteroatoms. The molecule has 1 aliphatic rings. The van der Waals surface area contributed by atoms with Crippen LogP contribution in [0.2, 0.25) is 0 Å². The van der Waals surface area contributed by atoms with Crippen LogP contribution in [0.1, 0.15) is 26.7 Å². The van der Waals surface area contributed by atoms with Crippen LogP contribution in [0.5, 0.6) is 0 Å². The SMILES string of the molecule is CC(C#N)C(=O)NC1(C)CC1. The Morgan fingerprint density at radius 1 is 1.73 bits per heavy atom. The van der Waals surface area contributed by atoms with Crippen LogP contribution >= 0.6 is 0 Å². The zero-order valence-corrected chi connectivity index (χ0v) is 6.85. The fraction of sp³-hybridized carbons (Fsp3) is 0.750. The molecule has 0 aromatic heterocycles. The van der Waals surface area contributed by atoms with E-state index in [1.54, 1.807) is 6.92 Å². The van der Waals surface area contributed by atoms with Crippen molar-refractivity contribution in [2.45, 2.75) is 32.2 Å². The van der Waals surface area contributed by atoms with Gasteiger partial charge in [-0.25, -0.2) is 0 Å². The lowest BCUT2D eigenvalue weighted by molar-refractivity contribution is -0.123. The zero-order valence-electron chi connectivity index (χ0n) is 6.85. The van der Waals surface area contributed by atoms with E-state index in [1.165, 1.54) is 0 Å². The van der Waals surface area contributed by atoms with Crippen molar-refractivity contribution in [3.63, 3.8) is 0 Å². The van der Waals surface area contributed by atoms with Crippen molar-refractivity contribution < 1.29 is 4.79 Å². The van der Waals surface area contributed by atoms with Gasteiger partial charge in [-0.05, 0) is 26.7 Å². The second-order valence-corrected chi connectivity index (χ2v) is 3.40. The van der Waals surface area contributed by atoms with Crippen molar-refractivity contribution >= 4 is 5.91 Å². The normalized spacial score (nSPS) is 21.5. The minimum absolute atomic E-state index is 0.00218. The molecule has 1 N–H and O–H groups in total. The minimum atomic E-state index is -0.521. The maximum atomic E-state index is 11.1. The molecule has 1 aliphatic carbocycles. The summed E-state index contributed by atoms with van der Waals surface area (Å²) >= 11 is 0.